The van der Waals surface area contributed by atoms with Crippen molar-refractivity contribution in [3.63, 3.8) is 0 Å². The van der Waals surface area contributed by atoms with Crippen molar-refractivity contribution < 1.29 is 14.6 Å². The quantitative estimate of drug-likeness (QED) is 0.718. The van der Waals surface area contributed by atoms with Crippen LogP contribution >= 0.6 is 0 Å². The number of rotatable bonds is 3. The summed E-state index contributed by atoms with van der Waals surface area (Å²) in [4.78, 5) is 24.6. The lowest BCUT2D eigenvalue weighted by Crippen LogP contribution is -2.29. The van der Waals surface area contributed by atoms with E-state index in [-0.39, 0.29) is 12.1 Å². The average molecular weight is 341 g/mol. The van der Waals surface area contributed by atoms with E-state index in [0.29, 0.717) is 36.7 Å². The second-order valence-electron chi connectivity index (χ2n) is 5.67. The minimum atomic E-state index is -0.935. The largest absolute Gasteiger partial charge is 0.471 e. The van der Waals surface area contributed by atoms with Crippen LogP contribution in [0.1, 0.15) is 6.42 Å². The normalized spacial score (nSPS) is 17.1. The average Bonchev–Trinajstić information content (AvgIpc) is 3.22. The molecule has 1 aliphatic rings. The summed E-state index contributed by atoms with van der Waals surface area (Å²) in [6.07, 6.45) is 4.35. The number of nitrogens with two attached hydrogens (primary N) is 1. The molecule has 25 heavy (non-hydrogen) atoms. The minimum Gasteiger partial charge on any atom is -0.471 e. The highest BCUT2D eigenvalue weighted by atomic mass is 16.5. The van der Waals surface area contributed by atoms with Gasteiger partial charge in [0.1, 0.15) is 6.10 Å². The third-order valence-electron chi connectivity index (χ3n) is 4.01. The summed E-state index contributed by atoms with van der Waals surface area (Å²) >= 11 is 0. The smallest absolute Gasteiger partial charge is 0.407 e. The van der Waals surface area contributed by atoms with Crippen LogP contribution in [-0.2, 0) is 0 Å². The lowest BCUT2D eigenvalue weighted by atomic mass is 10.3. The first-order valence-electron chi connectivity index (χ1n) is 7.67. The lowest BCUT2D eigenvalue weighted by molar-refractivity contribution is 0.144. The van der Waals surface area contributed by atoms with Gasteiger partial charge in [0.25, 0.3) is 0 Å². The van der Waals surface area contributed by atoms with E-state index < -0.39 is 6.09 Å². The molecular weight excluding hydrogens is 326 g/mol. The molecule has 0 aromatic carbocycles. The summed E-state index contributed by atoms with van der Waals surface area (Å²) in [6, 6.07) is 3.50. The van der Waals surface area contributed by atoms with Gasteiger partial charge in [-0.15, -0.1) is 5.10 Å². The van der Waals surface area contributed by atoms with Crippen molar-refractivity contribution in [2.24, 2.45) is 0 Å². The molecule has 0 spiro atoms. The standard InChI is InChI=1S/C15H15N7O3/c16-14-18-5-9(6-19-14)11-7-17-12-1-2-13(20-22(11)12)25-10-3-4-21(8-10)15(23)24/h1-2,5-7,10H,3-4,8H2,(H,23,24)(H2,16,18,19). The summed E-state index contributed by atoms with van der Waals surface area (Å²) in [7, 11) is 0. The van der Waals surface area contributed by atoms with Gasteiger partial charge in [0, 0.05) is 37.0 Å². The molecule has 1 fully saturated rings. The number of ether oxygens (including phenoxy) is 1. The highest BCUT2D eigenvalue weighted by molar-refractivity contribution is 5.65. The van der Waals surface area contributed by atoms with Crippen LogP contribution in [0, 0.1) is 0 Å². The first-order chi connectivity index (χ1) is 12.1. The number of nitrogen functional groups attached to an aromatic ring is 1. The molecule has 3 aromatic heterocycles. The van der Waals surface area contributed by atoms with Crippen LogP contribution in [0.5, 0.6) is 5.88 Å². The summed E-state index contributed by atoms with van der Waals surface area (Å²) in [5.41, 5.74) is 7.60. The zero-order valence-corrected chi connectivity index (χ0v) is 13.1. The van der Waals surface area contributed by atoms with Crippen molar-refractivity contribution in [2.45, 2.75) is 12.5 Å². The second-order valence-corrected chi connectivity index (χ2v) is 5.67. The number of carbonyl (C=O) groups is 1. The lowest BCUT2D eigenvalue weighted by Gasteiger charge is -2.14. The van der Waals surface area contributed by atoms with Crippen LogP contribution in [0.3, 0.4) is 0 Å². The number of likely N-dealkylation sites (tertiary alicyclic amines) is 1. The molecule has 0 radical (unpaired) electrons. The summed E-state index contributed by atoms with van der Waals surface area (Å²) in [6.45, 7) is 0.791. The van der Waals surface area contributed by atoms with Gasteiger partial charge < -0.3 is 20.5 Å². The zero-order valence-electron chi connectivity index (χ0n) is 13.1. The summed E-state index contributed by atoms with van der Waals surface area (Å²) in [5.74, 6) is 0.596. The predicted molar refractivity (Wildman–Crippen MR) is 87.1 cm³/mol. The Bertz CT molecular complexity index is 925. The first-order valence-corrected chi connectivity index (χ1v) is 7.67. The van der Waals surface area contributed by atoms with Crippen molar-refractivity contribution in [1.29, 1.82) is 0 Å². The fourth-order valence-corrected chi connectivity index (χ4v) is 2.76. The molecule has 1 unspecified atom stereocenters. The molecular formula is C15H15N7O3. The highest BCUT2D eigenvalue weighted by Gasteiger charge is 2.27. The number of carboxylic acid groups (broad SMARTS) is 1. The Morgan fingerprint density at radius 2 is 2.04 bits per heavy atom. The van der Waals surface area contributed by atoms with Crippen LogP contribution in [0.15, 0.2) is 30.7 Å². The number of amides is 1. The topological polar surface area (TPSA) is 132 Å². The fourth-order valence-electron chi connectivity index (χ4n) is 2.76. The number of nitrogens with zero attached hydrogens (tertiary/aromatic N) is 6. The van der Waals surface area contributed by atoms with Gasteiger partial charge in [0.15, 0.2) is 5.65 Å². The van der Waals surface area contributed by atoms with Crippen LogP contribution in [0.25, 0.3) is 16.9 Å². The fraction of sp³-hybridized carbons (Fsp3) is 0.267. The number of hydrogen-bond acceptors (Lipinski definition) is 7. The third-order valence-corrected chi connectivity index (χ3v) is 4.01. The molecule has 1 saturated heterocycles. The number of aromatic nitrogens is 5. The van der Waals surface area contributed by atoms with Crippen molar-refractivity contribution in [3.05, 3.63) is 30.7 Å². The SMILES string of the molecule is Nc1ncc(-c2cnc3ccc(OC4CCN(C(=O)O)C4)nn23)cn1. The molecule has 3 aromatic rings. The van der Waals surface area contributed by atoms with Gasteiger partial charge in [0.2, 0.25) is 11.8 Å². The van der Waals surface area contributed by atoms with E-state index in [0.717, 1.165) is 5.56 Å². The molecule has 4 rings (SSSR count). The molecule has 4 heterocycles. The Morgan fingerprint density at radius 3 is 2.76 bits per heavy atom. The van der Waals surface area contributed by atoms with E-state index in [1.54, 1.807) is 35.2 Å². The maximum absolute atomic E-state index is 11.0. The van der Waals surface area contributed by atoms with E-state index in [9.17, 15) is 4.79 Å². The minimum absolute atomic E-state index is 0.193. The van der Waals surface area contributed by atoms with E-state index >= 15 is 0 Å². The van der Waals surface area contributed by atoms with E-state index in [1.165, 1.54) is 4.90 Å². The number of imidazole rings is 1. The molecule has 1 aliphatic heterocycles. The second kappa shape index (κ2) is 5.89. The van der Waals surface area contributed by atoms with Crippen LogP contribution < -0.4 is 10.5 Å². The number of anilines is 1. The maximum Gasteiger partial charge on any atom is 0.407 e. The zero-order chi connectivity index (χ0) is 17.4. The van der Waals surface area contributed by atoms with Crippen molar-refractivity contribution in [1.82, 2.24) is 29.5 Å². The summed E-state index contributed by atoms with van der Waals surface area (Å²) < 4.78 is 7.46. The van der Waals surface area contributed by atoms with E-state index in [4.69, 9.17) is 15.6 Å². The van der Waals surface area contributed by atoms with Crippen LogP contribution in [-0.4, -0.2) is 59.9 Å². The molecule has 10 heteroatoms. The Balaban J connectivity index is 1.60. The maximum atomic E-state index is 11.0. The van der Waals surface area contributed by atoms with Crippen LogP contribution in [0.2, 0.25) is 0 Å². The Hall–Kier alpha value is -3.43. The predicted octanol–water partition coefficient (Wildman–Crippen LogP) is 0.900. The molecule has 1 atom stereocenters. The Labute approximate surface area is 141 Å². The van der Waals surface area contributed by atoms with Gasteiger partial charge in [-0.1, -0.05) is 0 Å². The van der Waals surface area contributed by atoms with Gasteiger partial charge >= 0.3 is 6.09 Å². The number of fused-ring (bicyclic) bond motifs is 1. The van der Waals surface area contributed by atoms with Gasteiger partial charge in [-0.3, -0.25) is 0 Å². The molecule has 10 nitrogen and oxygen atoms in total. The molecule has 0 saturated carbocycles. The summed E-state index contributed by atoms with van der Waals surface area (Å²) in [5, 5.41) is 13.5. The third kappa shape index (κ3) is 2.89. The first kappa shape index (κ1) is 15.1. The molecule has 0 aliphatic carbocycles. The van der Waals surface area contributed by atoms with Crippen molar-refractivity contribution in [3.8, 4) is 17.1 Å². The van der Waals surface area contributed by atoms with E-state index in [1.807, 2.05) is 0 Å². The highest BCUT2D eigenvalue weighted by Crippen LogP contribution is 2.22. The van der Waals surface area contributed by atoms with Crippen molar-refractivity contribution in [2.75, 3.05) is 18.8 Å². The van der Waals surface area contributed by atoms with Gasteiger partial charge in [-0.25, -0.2) is 24.3 Å². The molecule has 128 valence electrons. The molecule has 0 bridgehead atoms. The Kier molecular flexibility index (Phi) is 3.56. The van der Waals surface area contributed by atoms with Crippen LogP contribution in [0.4, 0.5) is 10.7 Å². The Morgan fingerprint density at radius 1 is 1.24 bits per heavy atom. The van der Waals surface area contributed by atoms with E-state index in [2.05, 4.69) is 20.1 Å². The molecule has 1 amide bonds. The number of hydrogen-bond donors (Lipinski definition) is 2. The van der Waals surface area contributed by atoms with Gasteiger partial charge in [0.05, 0.1) is 18.4 Å². The van der Waals surface area contributed by atoms with Gasteiger partial charge in [-0.05, 0) is 6.07 Å². The monoisotopic (exact) mass is 341 g/mol. The van der Waals surface area contributed by atoms with Gasteiger partial charge in [-0.2, -0.15) is 0 Å². The van der Waals surface area contributed by atoms with Crippen molar-refractivity contribution >= 4 is 17.7 Å². The molecule has 3 N–H and O–H groups in total.